The van der Waals surface area contributed by atoms with Gasteiger partial charge in [-0.2, -0.15) is 13.2 Å². The number of alkyl halides is 3. The molecule has 1 unspecified atom stereocenters. The highest BCUT2D eigenvalue weighted by Crippen LogP contribution is 2.39. The van der Waals surface area contributed by atoms with Gasteiger partial charge in [-0.15, -0.1) is 0 Å². The van der Waals surface area contributed by atoms with Crippen molar-refractivity contribution in [2.75, 3.05) is 13.1 Å². The van der Waals surface area contributed by atoms with E-state index in [1.165, 1.54) is 10.6 Å². The van der Waals surface area contributed by atoms with Crippen LogP contribution in [-0.4, -0.2) is 23.7 Å². The topological polar surface area (TPSA) is 29.0 Å². The molecule has 0 saturated carbocycles. The number of hydrogen-bond donors (Lipinski definition) is 2. The monoisotopic (exact) mass is 273 g/mol. The molecule has 1 spiro atoms. The number of aromatic nitrogens is 1. The minimum absolute atomic E-state index is 0.0547. The maximum Gasteiger partial charge on any atom is 0.431 e. The average Bonchev–Trinajstić information content (AvgIpc) is 2.74. The molecule has 0 bridgehead atoms. The van der Waals surface area contributed by atoms with Crippen LogP contribution in [-0.2, 0) is 18.3 Å². The summed E-state index contributed by atoms with van der Waals surface area (Å²) < 4.78 is 40.6. The van der Waals surface area contributed by atoms with Crippen LogP contribution in [0.2, 0.25) is 0 Å². The smallest absolute Gasteiger partial charge is 0.338 e. The second kappa shape index (κ2) is 4.24. The van der Waals surface area contributed by atoms with Crippen LogP contribution in [0.25, 0.3) is 0 Å². The first-order valence-corrected chi connectivity index (χ1v) is 6.68. The molecule has 1 atom stereocenters. The second-order valence-electron chi connectivity index (χ2n) is 5.59. The van der Waals surface area contributed by atoms with Gasteiger partial charge in [-0.1, -0.05) is 0 Å². The molecule has 2 aliphatic heterocycles. The fourth-order valence-corrected chi connectivity index (χ4v) is 3.45. The molecule has 19 heavy (non-hydrogen) atoms. The van der Waals surface area contributed by atoms with E-state index in [2.05, 4.69) is 10.6 Å². The molecule has 1 aromatic rings. The van der Waals surface area contributed by atoms with Gasteiger partial charge < -0.3 is 15.2 Å². The second-order valence-corrected chi connectivity index (χ2v) is 5.59. The highest BCUT2D eigenvalue weighted by atomic mass is 19.4. The van der Waals surface area contributed by atoms with Crippen LogP contribution in [0.4, 0.5) is 13.2 Å². The molecule has 3 heterocycles. The predicted molar refractivity (Wildman–Crippen MR) is 65.8 cm³/mol. The maximum absolute atomic E-state index is 13.0. The van der Waals surface area contributed by atoms with Gasteiger partial charge in [0, 0.05) is 18.3 Å². The van der Waals surface area contributed by atoms with Crippen molar-refractivity contribution in [1.82, 2.24) is 15.2 Å². The van der Waals surface area contributed by atoms with Crippen molar-refractivity contribution < 1.29 is 13.2 Å². The summed E-state index contributed by atoms with van der Waals surface area (Å²) in [5, 5.41) is 6.79. The number of nitrogens with one attached hydrogen (secondary N) is 2. The maximum atomic E-state index is 13.0. The van der Waals surface area contributed by atoms with E-state index in [-0.39, 0.29) is 11.6 Å². The molecule has 0 aromatic carbocycles. The number of rotatable bonds is 0. The van der Waals surface area contributed by atoms with Crippen molar-refractivity contribution >= 4 is 0 Å². The first-order valence-electron chi connectivity index (χ1n) is 6.68. The van der Waals surface area contributed by atoms with Gasteiger partial charge in [0.2, 0.25) is 0 Å². The summed E-state index contributed by atoms with van der Waals surface area (Å²) in [6.07, 6.45) is -2.61. The van der Waals surface area contributed by atoms with Crippen LogP contribution in [0, 0.1) is 0 Å². The summed E-state index contributed by atoms with van der Waals surface area (Å²) in [4.78, 5) is 0. The van der Waals surface area contributed by atoms with Gasteiger partial charge in [0.05, 0.1) is 5.54 Å². The molecule has 2 aliphatic rings. The highest BCUT2D eigenvalue weighted by molar-refractivity contribution is 5.28. The molecule has 1 saturated heterocycles. The third-order valence-corrected chi connectivity index (χ3v) is 4.20. The van der Waals surface area contributed by atoms with E-state index in [4.69, 9.17) is 0 Å². The number of piperidine rings is 1. The van der Waals surface area contributed by atoms with E-state index in [0.29, 0.717) is 6.54 Å². The largest absolute Gasteiger partial charge is 0.431 e. The third kappa shape index (κ3) is 2.07. The van der Waals surface area contributed by atoms with Gasteiger partial charge in [-0.25, -0.2) is 0 Å². The van der Waals surface area contributed by atoms with Crippen LogP contribution in [0.1, 0.15) is 31.2 Å². The first kappa shape index (κ1) is 13.0. The van der Waals surface area contributed by atoms with Gasteiger partial charge in [-0.3, -0.25) is 0 Å². The zero-order chi connectivity index (χ0) is 13.7. The van der Waals surface area contributed by atoms with Crippen molar-refractivity contribution in [2.24, 2.45) is 0 Å². The van der Waals surface area contributed by atoms with E-state index in [0.717, 1.165) is 31.6 Å². The van der Waals surface area contributed by atoms with Crippen LogP contribution in [0.3, 0.4) is 0 Å². The van der Waals surface area contributed by atoms with Crippen molar-refractivity contribution in [1.29, 1.82) is 0 Å². The number of halogens is 3. The molecule has 3 nitrogen and oxygen atoms in total. The first-order chi connectivity index (χ1) is 8.92. The molecular weight excluding hydrogens is 255 g/mol. The van der Waals surface area contributed by atoms with Crippen molar-refractivity contribution in [3.8, 4) is 0 Å². The SMILES string of the molecule is CC1Cn2c(C(F)(F)F)ccc2C2(CCNCC2)N1. The number of hydrogen-bond acceptors (Lipinski definition) is 2. The molecule has 0 aliphatic carbocycles. The van der Waals surface area contributed by atoms with E-state index >= 15 is 0 Å². The van der Waals surface area contributed by atoms with Crippen molar-refractivity contribution in [3.05, 3.63) is 23.5 Å². The number of fused-ring (bicyclic) bond motifs is 2. The Morgan fingerprint density at radius 3 is 2.58 bits per heavy atom. The lowest BCUT2D eigenvalue weighted by Crippen LogP contribution is -2.58. The Hall–Kier alpha value is -1.01. The summed E-state index contributed by atoms with van der Waals surface area (Å²) >= 11 is 0. The normalized spacial score (nSPS) is 26.4. The Bertz CT molecular complexity index is 472. The fraction of sp³-hybridized carbons (Fsp3) is 0.692. The standard InChI is InChI=1S/C13H18F3N3/c1-9-8-19-10(2-3-11(19)13(14,15)16)12(18-9)4-6-17-7-5-12/h2-3,9,17-18H,4-8H2,1H3. The van der Waals surface area contributed by atoms with E-state index < -0.39 is 11.9 Å². The summed E-state index contributed by atoms with van der Waals surface area (Å²) in [5.41, 5.74) is -0.0277. The Morgan fingerprint density at radius 1 is 1.26 bits per heavy atom. The summed E-state index contributed by atoms with van der Waals surface area (Å²) in [7, 11) is 0. The Kier molecular flexibility index (Phi) is 2.90. The van der Waals surface area contributed by atoms with E-state index in [9.17, 15) is 13.2 Å². The Labute approximate surface area is 110 Å². The molecule has 1 fully saturated rings. The number of nitrogens with zero attached hydrogens (tertiary/aromatic N) is 1. The van der Waals surface area contributed by atoms with Crippen molar-refractivity contribution in [2.45, 2.75) is 44.1 Å². The lowest BCUT2D eigenvalue weighted by atomic mass is 9.83. The van der Waals surface area contributed by atoms with Crippen LogP contribution in [0.5, 0.6) is 0 Å². The zero-order valence-electron chi connectivity index (χ0n) is 10.8. The summed E-state index contributed by atoms with van der Waals surface area (Å²) in [6.45, 7) is 4.01. The predicted octanol–water partition coefficient (Wildman–Crippen LogP) is 2.08. The van der Waals surface area contributed by atoms with Crippen LogP contribution < -0.4 is 10.6 Å². The lowest BCUT2D eigenvalue weighted by molar-refractivity contribution is -0.144. The molecule has 2 N–H and O–H groups in total. The van der Waals surface area contributed by atoms with E-state index in [1.807, 2.05) is 6.92 Å². The molecule has 0 radical (unpaired) electrons. The summed E-state index contributed by atoms with van der Waals surface area (Å²) in [6, 6.07) is 2.92. The van der Waals surface area contributed by atoms with Gasteiger partial charge in [0.15, 0.2) is 0 Å². The fourth-order valence-electron chi connectivity index (χ4n) is 3.45. The molecule has 1 aromatic heterocycles. The van der Waals surface area contributed by atoms with Gasteiger partial charge >= 0.3 is 6.18 Å². The van der Waals surface area contributed by atoms with Crippen LogP contribution in [0.15, 0.2) is 12.1 Å². The zero-order valence-corrected chi connectivity index (χ0v) is 10.8. The third-order valence-electron chi connectivity index (χ3n) is 4.20. The quantitative estimate of drug-likeness (QED) is 0.758. The molecule has 3 rings (SSSR count). The Balaban J connectivity index is 2.08. The average molecular weight is 273 g/mol. The molecule has 106 valence electrons. The minimum atomic E-state index is -4.27. The Morgan fingerprint density at radius 2 is 1.95 bits per heavy atom. The van der Waals surface area contributed by atoms with Gasteiger partial charge in [-0.05, 0) is 45.0 Å². The highest BCUT2D eigenvalue weighted by Gasteiger charge is 2.44. The van der Waals surface area contributed by atoms with Gasteiger partial charge in [0.25, 0.3) is 0 Å². The van der Waals surface area contributed by atoms with E-state index in [1.54, 1.807) is 6.07 Å². The molecule has 0 amide bonds. The van der Waals surface area contributed by atoms with Gasteiger partial charge in [0.1, 0.15) is 5.69 Å². The molecule has 6 heteroatoms. The summed E-state index contributed by atoms with van der Waals surface area (Å²) in [5.74, 6) is 0. The minimum Gasteiger partial charge on any atom is -0.338 e. The molecular formula is C13H18F3N3. The lowest BCUT2D eigenvalue weighted by Gasteiger charge is -2.45. The van der Waals surface area contributed by atoms with Crippen molar-refractivity contribution in [3.63, 3.8) is 0 Å². The van der Waals surface area contributed by atoms with Crippen LogP contribution >= 0.6 is 0 Å².